The molecule has 30 heavy (non-hydrogen) atoms. The first kappa shape index (κ1) is 22.0. The van der Waals surface area contributed by atoms with E-state index in [1.165, 1.54) is 4.31 Å². The molecule has 10 nitrogen and oxygen atoms in total. The first-order valence-corrected chi connectivity index (χ1v) is 11.3. The van der Waals surface area contributed by atoms with Crippen LogP contribution >= 0.6 is 0 Å². The fraction of sp³-hybridized carbons (Fsp3) is 0.526. The number of ether oxygens (including phenoxy) is 2. The van der Waals surface area contributed by atoms with E-state index in [1.807, 2.05) is 0 Å². The summed E-state index contributed by atoms with van der Waals surface area (Å²) in [5.41, 5.74) is 0.754. The molecule has 1 fully saturated rings. The summed E-state index contributed by atoms with van der Waals surface area (Å²) in [6.07, 6.45) is 1.65. The third-order valence-corrected chi connectivity index (χ3v) is 6.27. The summed E-state index contributed by atoms with van der Waals surface area (Å²) in [6.45, 7) is 2.47. The second-order valence-electron chi connectivity index (χ2n) is 7.14. The molecule has 1 unspecified atom stereocenters. The fourth-order valence-corrected chi connectivity index (χ4v) is 4.58. The molecule has 0 aliphatic carbocycles. The van der Waals surface area contributed by atoms with Crippen LogP contribution in [0.15, 0.2) is 22.7 Å². The highest BCUT2D eigenvalue weighted by molar-refractivity contribution is 7.88. The molecule has 1 saturated heterocycles. The van der Waals surface area contributed by atoms with E-state index in [0.29, 0.717) is 30.3 Å². The topological polar surface area (TPSA) is 115 Å². The maximum atomic E-state index is 12.9. The molecule has 1 amide bonds. The summed E-state index contributed by atoms with van der Waals surface area (Å²) in [7, 11) is -0.429. The van der Waals surface area contributed by atoms with Crippen LogP contribution in [0.5, 0.6) is 11.5 Å². The van der Waals surface area contributed by atoms with Gasteiger partial charge >= 0.3 is 0 Å². The number of benzene rings is 1. The number of aryl methyl sites for hydroxylation is 1. The van der Waals surface area contributed by atoms with Gasteiger partial charge in [-0.05, 0) is 31.0 Å². The van der Waals surface area contributed by atoms with Crippen molar-refractivity contribution >= 4 is 15.9 Å². The van der Waals surface area contributed by atoms with Crippen molar-refractivity contribution in [2.24, 2.45) is 0 Å². The molecule has 1 aliphatic heterocycles. The smallest absolute Gasteiger partial charge is 0.245 e. The van der Waals surface area contributed by atoms with Crippen LogP contribution in [-0.4, -0.2) is 73.8 Å². The van der Waals surface area contributed by atoms with Crippen molar-refractivity contribution < 1.29 is 27.2 Å². The number of hydrogen-bond acceptors (Lipinski definition) is 8. The summed E-state index contributed by atoms with van der Waals surface area (Å²) in [4.78, 5) is 18.8. The van der Waals surface area contributed by atoms with Gasteiger partial charge in [0, 0.05) is 25.7 Å². The zero-order chi connectivity index (χ0) is 21.9. The lowest BCUT2D eigenvalue weighted by molar-refractivity contribution is -0.130. The van der Waals surface area contributed by atoms with Gasteiger partial charge in [-0.15, -0.1) is 0 Å². The van der Waals surface area contributed by atoms with Crippen LogP contribution in [0, 0.1) is 6.92 Å². The van der Waals surface area contributed by atoms with E-state index in [4.69, 9.17) is 14.0 Å². The average molecular weight is 439 g/mol. The van der Waals surface area contributed by atoms with E-state index in [9.17, 15) is 13.2 Å². The van der Waals surface area contributed by atoms with Crippen LogP contribution in [-0.2, 0) is 21.2 Å². The van der Waals surface area contributed by atoms with Gasteiger partial charge in [-0.25, -0.2) is 8.42 Å². The first-order chi connectivity index (χ1) is 14.2. The number of hydrogen-bond donors (Lipinski definition) is 0. The number of aromatic nitrogens is 2. The van der Waals surface area contributed by atoms with E-state index in [2.05, 4.69) is 10.1 Å². The number of rotatable bonds is 6. The van der Waals surface area contributed by atoms with Crippen LogP contribution in [0.4, 0.5) is 0 Å². The molecule has 0 radical (unpaired) electrons. The molecular formula is C19H26N4O6S. The zero-order valence-electron chi connectivity index (χ0n) is 17.5. The predicted octanol–water partition coefficient (Wildman–Crippen LogP) is 1.17. The first-order valence-electron chi connectivity index (χ1n) is 9.48. The second kappa shape index (κ2) is 9.00. The molecule has 0 spiro atoms. The Morgan fingerprint density at radius 2 is 1.83 bits per heavy atom. The summed E-state index contributed by atoms with van der Waals surface area (Å²) in [6, 6.07) is 4.70. The van der Waals surface area contributed by atoms with Crippen molar-refractivity contribution in [2.45, 2.75) is 25.8 Å². The molecule has 1 aliphatic rings. The van der Waals surface area contributed by atoms with Crippen molar-refractivity contribution in [2.75, 3.05) is 40.1 Å². The van der Waals surface area contributed by atoms with Crippen molar-refractivity contribution in [3.63, 3.8) is 0 Å². The van der Waals surface area contributed by atoms with Gasteiger partial charge in [-0.1, -0.05) is 5.16 Å². The molecule has 1 aromatic heterocycles. The van der Waals surface area contributed by atoms with Gasteiger partial charge in [0.1, 0.15) is 17.5 Å². The lowest BCUT2D eigenvalue weighted by Gasteiger charge is -2.24. The number of carbonyl (C=O) groups excluding carboxylic acids is 1. The molecule has 2 heterocycles. The minimum absolute atomic E-state index is 0.110. The highest BCUT2D eigenvalue weighted by Crippen LogP contribution is 2.29. The molecule has 0 N–H and O–H groups in total. The Hall–Kier alpha value is -2.66. The number of sulfonamides is 1. The van der Waals surface area contributed by atoms with E-state index >= 15 is 0 Å². The Morgan fingerprint density at radius 3 is 2.37 bits per heavy atom. The zero-order valence-corrected chi connectivity index (χ0v) is 18.3. The standard InChI is InChI=1S/C19H26N4O6S/c1-13-20-19(29-21-13)17-5-6-22(7-8-23(17)30(4,25)26)18(24)11-14-9-15(27-2)12-16(10-14)28-3/h9-10,12,17H,5-8,11H2,1-4H3. The predicted molar refractivity (Wildman–Crippen MR) is 108 cm³/mol. The van der Waals surface area contributed by atoms with E-state index < -0.39 is 16.1 Å². The number of nitrogens with zero attached hydrogens (tertiary/aromatic N) is 4. The monoisotopic (exact) mass is 438 g/mol. The Bertz CT molecular complexity index is 984. The van der Waals surface area contributed by atoms with Crippen molar-refractivity contribution in [3.8, 4) is 11.5 Å². The maximum absolute atomic E-state index is 12.9. The third-order valence-electron chi connectivity index (χ3n) is 4.98. The van der Waals surface area contributed by atoms with Gasteiger partial charge in [-0.3, -0.25) is 4.79 Å². The van der Waals surface area contributed by atoms with E-state index in [1.54, 1.807) is 44.2 Å². The second-order valence-corrected chi connectivity index (χ2v) is 9.07. The van der Waals surface area contributed by atoms with Crippen LogP contribution in [0.25, 0.3) is 0 Å². The Labute approximate surface area is 175 Å². The van der Waals surface area contributed by atoms with Crippen molar-refractivity contribution in [1.29, 1.82) is 0 Å². The molecule has 1 atom stereocenters. The summed E-state index contributed by atoms with van der Waals surface area (Å²) < 4.78 is 41.8. The molecule has 3 rings (SSSR count). The number of methoxy groups -OCH3 is 2. The maximum Gasteiger partial charge on any atom is 0.245 e. The minimum atomic E-state index is -3.53. The van der Waals surface area contributed by atoms with Gasteiger partial charge in [0.2, 0.25) is 21.8 Å². The molecule has 0 bridgehead atoms. The molecule has 11 heteroatoms. The Balaban J connectivity index is 1.78. The van der Waals surface area contributed by atoms with Crippen LogP contribution < -0.4 is 9.47 Å². The lowest BCUT2D eigenvalue weighted by Crippen LogP contribution is -2.38. The summed E-state index contributed by atoms with van der Waals surface area (Å²) in [5, 5.41) is 3.77. The van der Waals surface area contributed by atoms with Crippen LogP contribution in [0.3, 0.4) is 0 Å². The SMILES string of the molecule is COc1cc(CC(=O)N2CCC(c3nc(C)no3)N(S(C)(=O)=O)CC2)cc(OC)c1. The van der Waals surface area contributed by atoms with Gasteiger partial charge in [-0.2, -0.15) is 9.29 Å². The summed E-state index contributed by atoms with van der Waals surface area (Å²) >= 11 is 0. The third kappa shape index (κ3) is 5.08. The normalized spacial score (nSPS) is 18.1. The highest BCUT2D eigenvalue weighted by Gasteiger charge is 2.35. The number of amides is 1. The quantitative estimate of drug-likeness (QED) is 0.660. The van der Waals surface area contributed by atoms with Gasteiger partial charge in [0.15, 0.2) is 5.82 Å². The fourth-order valence-electron chi connectivity index (χ4n) is 3.51. The number of carbonyl (C=O) groups is 1. The Kier molecular flexibility index (Phi) is 6.61. The summed E-state index contributed by atoms with van der Waals surface area (Å²) in [5.74, 6) is 1.76. The van der Waals surface area contributed by atoms with Gasteiger partial charge < -0.3 is 18.9 Å². The lowest BCUT2D eigenvalue weighted by atomic mass is 10.1. The van der Waals surface area contributed by atoms with E-state index in [0.717, 1.165) is 11.8 Å². The molecule has 0 saturated carbocycles. The highest BCUT2D eigenvalue weighted by atomic mass is 32.2. The molecule has 1 aromatic carbocycles. The van der Waals surface area contributed by atoms with E-state index in [-0.39, 0.29) is 31.3 Å². The van der Waals surface area contributed by atoms with Crippen molar-refractivity contribution in [1.82, 2.24) is 19.3 Å². The average Bonchev–Trinajstić information content (AvgIpc) is 2.99. The minimum Gasteiger partial charge on any atom is -0.497 e. The molecule has 2 aromatic rings. The van der Waals surface area contributed by atoms with Crippen LogP contribution in [0.2, 0.25) is 0 Å². The van der Waals surface area contributed by atoms with Gasteiger partial charge in [0.25, 0.3) is 0 Å². The van der Waals surface area contributed by atoms with Crippen molar-refractivity contribution in [3.05, 3.63) is 35.5 Å². The Morgan fingerprint density at radius 1 is 1.17 bits per heavy atom. The molecule has 164 valence electrons. The molecular weight excluding hydrogens is 412 g/mol. The van der Waals surface area contributed by atoms with Crippen LogP contribution in [0.1, 0.15) is 29.7 Å². The van der Waals surface area contributed by atoms with Gasteiger partial charge in [0.05, 0.1) is 26.9 Å². The largest absolute Gasteiger partial charge is 0.497 e.